The van der Waals surface area contributed by atoms with Gasteiger partial charge in [-0.2, -0.15) is 0 Å². The van der Waals surface area contributed by atoms with Crippen molar-refractivity contribution in [2.75, 3.05) is 28.4 Å². The van der Waals surface area contributed by atoms with E-state index in [1.54, 1.807) is 77.0 Å². The minimum Gasteiger partial charge on any atom is -0.872 e. The van der Waals surface area contributed by atoms with Crippen LogP contribution in [0.5, 0.6) is 46.0 Å². The van der Waals surface area contributed by atoms with E-state index in [0.717, 1.165) is 45.3 Å². The summed E-state index contributed by atoms with van der Waals surface area (Å²) in [6.07, 6.45) is 0. The van der Waals surface area contributed by atoms with Gasteiger partial charge in [-0.15, -0.1) is 23.0 Å². The Hall–Kier alpha value is -4.01. The van der Waals surface area contributed by atoms with Crippen LogP contribution in [0, 0.1) is 0 Å². The van der Waals surface area contributed by atoms with Crippen molar-refractivity contribution in [3.8, 4) is 46.0 Å². The third-order valence-electron chi connectivity index (χ3n) is 7.98. The Morgan fingerprint density at radius 3 is 0.585 bits per heavy atom. The van der Waals surface area contributed by atoms with Gasteiger partial charge in [0.25, 0.3) is 0 Å². The van der Waals surface area contributed by atoms with Crippen LogP contribution in [0.15, 0.2) is 72.8 Å². The SMILES string of the molecule is COc1ccc([O-])c(C(C)(C)C)c1.COc1ccc([O-])c(C(C)(C)C)c1.COc1ccc([O-])c(C(C)(C)C)c1.COc1ccc([O-])c(C(C)(C)C)c1.[Ti+4]. The zero-order chi connectivity index (χ0) is 40.2. The Morgan fingerprint density at radius 2 is 0.472 bits per heavy atom. The fraction of sp³-hybridized carbons (Fsp3) is 0.455. The maximum atomic E-state index is 11.5. The van der Waals surface area contributed by atoms with Gasteiger partial charge in [-0.25, -0.2) is 0 Å². The van der Waals surface area contributed by atoms with E-state index in [4.69, 9.17) is 18.9 Å². The molecule has 4 rings (SSSR count). The van der Waals surface area contributed by atoms with Gasteiger partial charge in [0.2, 0.25) is 0 Å². The normalized spacial score (nSPS) is 11.2. The first kappa shape index (κ1) is 49.0. The van der Waals surface area contributed by atoms with Crippen molar-refractivity contribution in [3.63, 3.8) is 0 Å². The second kappa shape index (κ2) is 20.4. The number of ether oxygens (including phenoxy) is 4. The van der Waals surface area contributed by atoms with Gasteiger partial charge < -0.3 is 39.4 Å². The smallest absolute Gasteiger partial charge is 0.872 e. The van der Waals surface area contributed by atoms with Crippen LogP contribution in [0.1, 0.15) is 105 Å². The van der Waals surface area contributed by atoms with E-state index in [9.17, 15) is 20.4 Å². The van der Waals surface area contributed by atoms with Crippen LogP contribution in [0.4, 0.5) is 0 Å². The van der Waals surface area contributed by atoms with E-state index in [2.05, 4.69) is 0 Å². The first-order valence-corrected chi connectivity index (χ1v) is 17.2. The van der Waals surface area contributed by atoms with Gasteiger partial charge in [0, 0.05) is 0 Å². The van der Waals surface area contributed by atoms with E-state index in [1.165, 1.54) is 0 Å². The molecule has 53 heavy (non-hydrogen) atoms. The molecule has 4 aromatic rings. The van der Waals surface area contributed by atoms with E-state index in [0.29, 0.717) is 0 Å². The zero-order valence-electron chi connectivity index (χ0n) is 34.7. The molecule has 4 aromatic carbocycles. The third kappa shape index (κ3) is 15.9. The molecule has 0 aliphatic heterocycles. The number of hydrogen-bond donors (Lipinski definition) is 0. The Balaban J connectivity index is 0.000000676. The van der Waals surface area contributed by atoms with Crippen molar-refractivity contribution >= 4 is 0 Å². The monoisotopic (exact) mass is 764 g/mol. The molecule has 8 nitrogen and oxygen atoms in total. The molecule has 9 heteroatoms. The minimum atomic E-state index is -0.119. The standard InChI is InChI=1S/4C11H16O2.Ti/c4*1-11(2,3)9-7-8(13-4)5-6-10(9)12;/h4*5-7,12H,1-4H3;/q;;;;+4/p-4. The summed E-state index contributed by atoms with van der Waals surface area (Å²) in [6.45, 7) is 24.2. The van der Waals surface area contributed by atoms with Gasteiger partial charge in [0.15, 0.2) is 0 Å². The number of methoxy groups -OCH3 is 4. The van der Waals surface area contributed by atoms with E-state index >= 15 is 0 Å². The van der Waals surface area contributed by atoms with Crippen LogP contribution >= 0.6 is 0 Å². The minimum absolute atomic E-state index is 0. The number of benzene rings is 4. The summed E-state index contributed by atoms with van der Waals surface area (Å²) in [5.74, 6) is 3.27. The molecule has 0 heterocycles. The summed E-state index contributed by atoms with van der Waals surface area (Å²) < 4.78 is 20.3. The molecule has 0 N–H and O–H groups in total. The van der Waals surface area contributed by atoms with Crippen LogP contribution in [-0.2, 0) is 43.4 Å². The summed E-state index contributed by atoms with van der Waals surface area (Å²) in [4.78, 5) is 0. The van der Waals surface area contributed by atoms with Crippen molar-refractivity contribution in [2.45, 2.75) is 105 Å². The Bertz CT molecular complexity index is 1450. The van der Waals surface area contributed by atoms with Crippen LogP contribution in [-0.4, -0.2) is 28.4 Å². The molecule has 0 saturated heterocycles. The molecule has 0 amide bonds. The maximum absolute atomic E-state index is 11.5. The van der Waals surface area contributed by atoms with Gasteiger partial charge in [0.1, 0.15) is 23.0 Å². The molecule has 0 aromatic heterocycles. The summed E-state index contributed by atoms with van der Waals surface area (Å²) in [6, 6.07) is 20.2. The van der Waals surface area contributed by atoms with E-state index < -0.39 is 0 Å². The summed E-state index contributed by atoms with van der Waals surface area (Å²) >= 11 is 0. The summed E-state index contributed by atoms with van der Waals surface area (Å²) in [5.41, 5.74) is 2.71. The predicted molar refractivity (Wildman–Crippen MR) is 205 cm³/mol. The average Bonchev–Trinajstić information content (AvgIpc) is 3.04. The van der Waals surface area contributed by atoms with Crippen molar-refractivity contribution in [1.82, 2.24) is 0 Å². The first-order valence-electron chi connectivity index (χ1n) is 17.2. The largest absolute Gasteiger partial charge is 4.00 e. The Kier molecular flexibility index (Phi) is 18.9. The second-order valence-corrected chi connectivity index (χ2v) is 16.4. The molecule has 0 fully saturated rings. The maximum Gasteiger partial charge on any atom is 4.00 e. The van der Waals surface area contributed by atoms with Crippen LogP contribution < -0.4 is 39.4 Å². The molecule has 0 atom stereocenters. The van der Waals surface area contributed by atoms with Crippen LogP contribution in [0.3, 0.4) is 0 Å². The molecule has 288 valence electrons. The first-order chi connectivity index (χ1) is 23.8. The third-order valence-corrected chi connectivity index (χ3v) is 7.98. The average molecular weight is 765 g/mol. The molecule has 0 aliphatic carbocycles. The molecular weight excluding hydrogens is 704 g/mol. The Morgan fingerprint density at radius 1 is 0.321 bits per heavy atom. The fourth-order valence-electron chi connectivity index (χ4n) is 4.89. The van der Waals surface area contributed by atoms with E-state index in [-0.39, 0.29) is 66.4 Å². The molecule has 0 saturated carbocycles. The van der Waals surface area contributed by atoms with Gasteiger partial charge in [-0.1, -0.05) is 107 Å². The van der Waals surface area contributed by atoms with Gasteiger partial charge >= 0.3 is 21.7 Å². The van der Waals surface area contributed by atoms with E-state index in [1.807, 2.05) is 107 Å². The van der Waals surface area contributed by atoms with Crippen molar-refractivity contribution in [3.05, 3.63) is 95.1 Å². The molecule has 0 unspecified atom stereocenters. The molecule has 0 spiro atoms. The van der Waals surface area contributed by atoms with Crippen LogP contribution in [0.2, 0.25) is 0 Å². The second-order valence-electron chi connectivity index (χ2n) is 16.4. The van der Waals surface area contributed by atoms with Gasteiger partial charge in [-0.05, 0) is 92.4 Å². The zero-order valence-corrected chi connectivity index (χ0v) is 36.3. The fourth-order valence-corrected chi connectivity index (χ4v) is 4.89. The van der Waals surface area contributed by atoms with Crippen molar-refractivity contribution in [2.24, 2.45) is 0 Å². The summed E-state index contributed by atoms with van der Waals surface area (Å²) in [7, 11) is 6.41. The number of hydrogen-bond acceptors (Lipinski definition) is 8. The van der Waals surface area contributed by atoms with Crippen molar-refractivity contribution < 1.29 is 61.1 Å². The quantitative estimate of drug-likeness (QED) is 0.190. The Labute approximate surface area is 334 Å². The molecular formula is C44H60O8Ti. The topological polar surface area (TPSA) is 129 Å². The molecule has 0 aliphatic rings. The number of rotatable bonds is 4. The molecule has 0 bridgehead atoms. The summed E-state index contributed by atoms with van der Waals surface area (Å²) in [5, 5.41) is 45.9. The van der Waals surface area contributed by atoms with Crippen LogP contribution in [0.25, 0.3) is 0 Å². The predicted octanol–water partition coefficient (Wildman–Crippen LogP) is 8.26. The van der Waals surface area contributed by atoms with Gasteiger partial charge in [0.05, 0.1) is 28.4 Å². The molecule has 0 radical (unpaired) electrons. The van der Waals surface area contributed by atoms with Crippen molar-refractivity contribution in [1.29, 1.82) is 0 Å². The van der Waals surface area contributed by atoms with Gasteiger partial charge in [-0.3, -0.25) is 0 Å².